The molecule has 0 aromatic carbocycles. The van der Waals surface area contributed by atoms with Crippen molar-refractivity contribution < 1.29 is 4.79 Å². The molecule has 0 bridgehead atoms. The van der Waals surface area contributed by atoms with Gasteiger partial charge in [-0.3, -0.25) is 4.79 Å². The quantitative estimate of drug-likeness (QED) is 0.843. The summed E-state index contributed by atoms with van der Waals surface area (Å²) in [6.45, 7) is 2.28. The summed E-state index contributed by atoms with van der Waals surface area (Å²) in [4.78, 5) is 14.1. The van der Waals surface area contributed by atoms with Gasteiger partial charge in [0, 0.05) is 19.0 Å². The van der Waals surface area contributed by atoms with Gasteiger partial charge in [0.25, 0.3) is 0 Å². The van der Waals surface area contributed by atoms with E-state index in [0.29, 0.717) is 5.75 Å². The Kier molecular flexibility index (Phi) is 5.06. The molecular formula is C16H22N4OS2. The maximum absolute atomic E-state index is 11.4. The number of nitrogens with zero attached hydrogens (tertiary/aromatic N) is 3. The van der Waals surface area contributed by atoms with Crippen molar-refractivity contribution in [1.29, 1.82) is 0 Å². The van der Waals surface area contributed by atoms with Gasteiger partial charge in [0.05, 0.1) is 10.6 Å². The van der Waals surface area contributed by atoms with E-state index in [4.69, 9.17) is 0 Å². The monoisotopic (exact) mass is 350 g/mol. The first-order valence-corrected chi connectivity index (χ1v) is 9.77. The summed E-state index contributed by atoms with van der Waals surface area (Å²) in [5, 5.41) is 12.0. The summed E-state index contributed by atoms with van der Waals surface area (Å²) >= 11 is 3.26. The molecule has 2 aromatic rings. The molecule has 3 rings (SSSR count). The number of rotatable bonds is 5. The lowest BCUT2D eigenvalue weighted by Crippen LogP contribution is -2.20. The Balaban J connectivity index is 1.79. The smallest absolute Gasteiger partial charge is 0.230 e. The summed E-state index contributed by atoms with van der Waals surface area (Å²) in [5.74, 6) is 2.08. The topological polar surface area (TPSA) is 59.8 Å². The van der Waals surface area contributed by atoms with Gasteiger partial charge in [-0.1, -0.05) is 25.1 Å². The molecule has 0 saturated carbocycles. The van der Waals surface area contributed by atoms with Crippen molar-refractivity contribution in [3.63, 3.8) is 0 Å². The van der Waals surface area contributed by atoms with Gasteiger partial charge in [-0.25, -0.2) is 0 Å². The molecule has 0 radical (unpaired) electrons. The van der Waals surface area contributed by atoms with Crippen molar-refractivity contribution in [2.24, 2.45) is 13.0 Å². The van der Waals surface area contributed by atoms with Crippen molar-refractivity contribution in [1.82, 2.24) is 20.1 Å². The maximum Gasteiger partial charge on any atom is 0.230 e. The Labute approximate surface area is 144 Å². The number of fused-ring (bicyclic) bond motifs is 1. The van der Waals surface area contributed by atoms with Crippen LogP contribution in [-0.2, 0) is 24.7 Å². The number of carbonyl (C=O) groups excluding carboxylic acids is 1. The molecule has 7 heteroatoms. The minimum absolute atomic E-state index is 0.00301. The highest BCUT2D eigenvalue weighted by molar-refractivity contribution is 7.99. The molecule has 0 spiro atoms. The second-order valence-corrected chi connectivity index (χ2v) is 7.98. The van der Waals surface area contributed by atoms with Crippen LogP contribution in [0.2, 0.25) is 0 Å². The van der Waals surface area contributed by atoms with Gasteiger partial charge in [0.15, 0.2) is 11.0 Å². The normalized spacial score (nSPS) is 17.1. The van der Waals surface area contributed by atoms with Crippen LogP contribution < -0.4 is 5.32 Å². The first kappa shape index (κ1) is 16.5. The van der Waals surface area contributed by atoms with Crippen LogP contribution in [0.15, 0.2) is 11.2 Å². The first-order chi connectivity index (χ1) is 11.1. The van der Waals surface area contributed by atoms with E-state index >= 15 is 0 Å². The Bertz CT molecular complexity index is 707. The first-order valence-electron chi connectivity index (χ1n) is 7.97. The number of thiophene rings is 1. The molecule has 124 valence electrons. The number of amides is 1. The van der Waals surface area contributed by atoms with Crippen LogP contribution in [0, 0.1) is 5.92 Å². The predicted molar refractivity (Wildman–Crippen MR) is 94.9 cm³/mol. The van der Waals surface area contributed by atoms with Crippen molar-refractivity contribution in [2.75, 3.05) is 12.8 Å². The highest BCUT2D eigenvalue weighted by Crippen LogP contribution is 2.37. The molecule has 1 aliphatic carbocycles. The van der Waals surface area contributed by atoms with E-state index in [1.54, 1.807) is 7.05 Å². The maximum atomic E-state index is 11.4. The summed E-state index contributed by atoms with van der Waals surface area (Å²) < 4.78 is 1.99. The average molecular weight is 351 g/mol. The molecule has 1 unspecified atom stereocenters. The molecule has 1 amide bonds. The standard InChI is InChI=1S/C16H22N4OS2/c1-4-10-5-6-12-11(7-10)8-13(23-12)15-18-19-16(20(15)3)22-9-14(21)17-2/h8,10H,4-7,9H2,1-3H3,(H,17,21). The van der Waals surface area contributed by atoms with Crippen LogP contribution in [-0.4, -0.2) is 33.5 Å². The molecule has 2 heterocycles. The van der Waals surface area contributed by atoms with Gasteiger partial charge in [0.1, 0.15) is 0 Å². The Hall–Kier alpha value is -1.34. The summed E-state index contributed by atoms with van der Waals surface area (Å²) in [6.07, 6.45) is 4.94. The second-order valence-electron chi connectivity index (χ2n) is 5.90. The van der Waals surface area contributed by atoms with E-state index in [-0.39, 0.29) is 5.91 Å². The molecule has 1 aliphatic rings. The van der Waals surface area contributed by atoms with Crippen LogP contribution in [0.3, 0.4) is 0 Å². The number of hydrogen-bond acceptors (Lipinski definition) is 5. The van der Waals surface area contributed by atoms with E-state index < -0.39 is 0 Å². The minimum atomic E-state index is -0.00301. The fraction of sp³-hybridized carbons (Fsp3) is 0.562. The average Bonchev–Trinajstić information content (AvgIpc) is 3.14. The van der Waals surface area contributed by atoms with E-state index in [9.17, 15) is 4.79 Å². The largest absolute Gasteiger partial charge is 0.358 e. The molecule has 2 aromatic heterocycles. The van der Waals surface area contributed by atoms with E-state index in [1.807, 2.05) is 23.0 Å². The summed E-state index contributed by atoms with van der Waals surface area (Å²) in [6, 6.07) is 2.29. The number of aryl methyl sites for hydroxylation is 1. The molecule has 1 N–H and O–H groups in total. The lowest BCUT2D eigenvalue weighted by atomic mass is 9.87. The molecular weight excluding hydrogens is 328 g/mol. The summed E-state index contributed by atoms with van der Waals surface area (Å²) in [5.41, 5.74) is 1.49. The fourth-order valence-electron chi connectivity index (χ4n) is 2.92. The zero-order valence-electron chi connectivity index (χ0n) is 13.8. The Morgan fingerprint density at radius 1 is 1.52 bits per heavy atom. The molecule has 0 fully saturated rings. The van der Waals surface area contributed by atoms with Crippen molar-refractivity contribution in [2.45, 2.75) is 37.8 Å². The molecule has 23 heavy (non-hydrogen) atoms. The number of carbonyl (C=O) groups is 1. The zero-order chi connectivity index (χ0) is 16.4. The van der Waals surface area contributed by atoms with Gasteiger partial charge in [-0.15, -0.1) is 21.5 Å². The number of hydrogen-bond donors (Lipinski definition) is 1. The molecule has 5 nitrogen and oxygen atoms in total. The number of nitrogens with one attached hydrogen (secondary N) is 1. The number of aromatic nitrogens is 3. The van der Waals surface area contributed by atoms with Crippen molar-refractivity contribution >= 4 is 29.0 Å². The Morgan fingerprint density at radius 2 is 2.35 bits per heavy atom. The third kappa shape index (κ3) is 3.45. The van der Waals surface area contributed by atoms with Crippen LogP contribution in [0.4, 0.5) is 0 Å². The highest BCUT2D eigenvalue weighted by atomic mass is 32.2. The van der Waals surface area contributed by atoms with E-state index in [0.717, 1.165) is 16.9 Å². The predicted octanol–water partition coefficient (Wildman–Crippen LogP) is 2.90. The van der Waals surface area contributed by atoms with Gasteiger partial charge in [-0.05, 0) is 36.8 Å². The third-order valence-corrected chi connectivity index (χ3v) is 6.68. The van der Waals surface area contributed by atoms with Crippen LogP contribution in [0.5, 0.6) is 0 Å². The summed E-state index contributed by atoms with van der Waals surface area (Å²) in [7, 11) is 3.61. The molecule has 0 aliphatic heterocycles. The van der Waals surface area contributed by atoms with Crippen LogP contribution in [0.1, 0.15) is 30.2 Å². The molecule has 0 saturated heterocycles. The van der Waals surface area contributed by atoms with E-state index in [1.165, 1.54) is 52.8 Å². The minimum Gasteiger partial charge on any atom is -0.358 e. The molecule has 1 atom stereocenters. The fourth-order valence-corrected chi connectivity index (χ4v) is 4.93. The van der Waals surface area contributed by atoms with Crippen LogP contribution in [0.25, 0.3) is 10.7 Å². The zero-order valence-corrected chi connectivity index (χ0v) is 15.4. The van der Waals surface area contributed by atoms with Crippen molar-refractivity contribution in [3.05, 3.63) is 16.5 Å². The van der Waals surface area contributed by atoms with E-state index in [2.05, 4.69) is 28.5 Å². The van der Waals surface area contributed by atoms with Crippen molar-refractivity contribution in [3.8, 4) is 10.7 Å². The number of thioether (sulfide) groups is 1. The third-order valence-electron chi connectivity index (χ3n) is 4.43. The van der Waals surface area contributed by atoms with Gasteiger partial charge < -0.3 is 9.88 Å². The highest BCUT2D eigenvalue weighted by Gasteiger charge is 2.22. The lowest BCUT2D eigenvalue weighted by Gasteiger charge is -2.19. The SMILES string of the molecule is CCC1CCc2sc(-c3nnc(SCC(=O)NC)n3C)cc2C1. The Morgan fingerprint density at radius 3 is 3.09 bits per heavy atom. The second kappa shape index (κ2) is 7.05. The lowest BCUT2D eigenvalue weighted by molar-refractivity contribution is -0.118. The van der Waals surface area contributed by atoms with Gasteiger partial charge in [-0.2, -0.15) is 0 Å². The van der Waals surface area contributed by atoms with Gasteiger partial charge in [0.2, 0.25) is 5.91 Å². The van der Waals surface area contributed by atoms with Crippen LogP contribution >= 0.6 is 23.1 Å². The van der Waals surface area contributed by atoms with Gasteiger partial charge >= 0.3 is 0 Å².